The molecule has 0 aliphatic rings. The van der Waals surface area contributed by atoms with Crippen LogP contribution in [0, 0.1) is 6.92 Å². The number of hydrogen-bond donors (Lipinski definition) is 1. The maximum absolute atomic E-state index is 5.81. The molecular formula is C14H23NO2. The van der Waals surface area contributed by atoms with Gasteiger partial charge in [-0.15, -0.1) is 0 Å². The van der Waals surface area contributed by atoms with Crippen LogP contribution in [0.3, 0.4) is 0 Å². The third-order valence-corrected chi connectivity index (χ3v) is 2.46. The Labute approximate surface area is 104 Å². The van der Waals surface area contributed by atoms with E-state index in [1.54, 1.807) is 7.11 Å². The average Bonchev–Trinajstić information content (AvgIpc) is 2.29. The lowest BCUT2D eigenvalue weighted by Crippen LogP contribution is -2.30. The zero-order valence-corrected chi connectivity index (χ0v) is 11.0. The standard InChI is InChI=1S/C14H23NO2/c1-12-6-4-7-14(10-12)17-13(2)11-15-8-5-9-16-3/h4,6-7,10,13,15H,5,8-9,11H2,1-3H3. The lowest BCUT2D eigenvalue weighted by Gasteiger charge is -2.15. The molecule has 0 saturated heterocycles. The number of rotatable bonds is 8. The van der Waals surface area contributed by atoms with Gasteiger partial charge in [0.05, 0.1) is 0 Å². The van der Waals surface area contributed by atoms with Crippen LogP contribution in [0.1, 0.15) is 18.9 Å². The maximum atomic E-state index is 5.81. The van der Waals surface area contributed by atoms with Crippen LogP contribution in [0.4, 0.5) is 0 Å². The molecule has 0 spiro atoms. The molecule has 0 amide bonds. The molecule has 1 rings (SSSR count). The van der Waals surface area contributed by atoms with Crippen molar-refractivity contribution in [3.05, 3.63) is 29.8 Å². The number of benzene rings is 1. The second kappa shape index (κ2) is 8.09. The highest BCUT2D eigenvalue weighted by Crippen LogP contribution is 2.13. The average molecular weight is 237 g/mol. The van der Waals surface area contributed by atoms with E-state index in [2.05, 4.69) is 31.3 Å². The molecule has 0 saturated carbocycles. The van der Waals surface area contributed by atoms with Gasteiger partial charge in [-0.25, -0.2) is 0 Å². The molecule has 17 heavy (non-hydrogen) atoms. The summed E-state index contributed by atoms with van der Waals surface area (Å²) in [5.74, 6) is 0.941. The molecule has 0 aromatic heterocycles. The summed E-state index contributed by atoms with van der Waals surface area (Å²) < 4.78 is 10.8. The van der Waals surface area contributed by atoms with Crippen molar-refractivity contribution in [2.45, 2.75) is 26.4 Å². The van der Waals surface area contributed by atoms with E-state index in [4.69, 9.17) is 9.47 Å². The lowest BCUT2D eigenvalue weighted by molar-refractivity contribution is 0.188. The summed E-state index contributed by atoms with van der Waals surface area (Å²) in [4.78, 5) is 0. The van der Waals surface area contributed by atoms with Crippen molar-refractivity contribution >= 4 is 0 Å². The first-order valence-electron chi connectivity index (χ1n) is 6.15. The van der Waals surface area contributed by atoms with Gasteiger partial charge in [0, 0.05) is 20.3 Å². The van der Waals surface area contributed by atoms with Gasteiger partial charge >= 0.3 is 0 Å². The fourth-order valence-electron chi connectivity index (χ4n) is 1.61. The largest absolute Gasteiger partial charge is 0.489 e. The predicted molar refractivity (Wildman–Crippen MR) is 70.6 cm³/mol. The Morgan fingerprint density at radius 1 is 1.35 bits per heavy atom. The summed E-state index contributed by atoms with van der Waals surface area (Å²) in [5.41, 5.74) is 1.22. The van der Waals surface area contributed by atoms with E-state index >= 15 is 0 Å². The second-order valence-corrected chi connectivity index (χ2v) is 4.30. The Kier molecular flexibility index (Phi) is 6.67. The molecule has 1 N–H and O–H groups in total. The van der Waals surface area contributed by atoms with Gasteiger partial charge in [0.25, 0.3) is 0 Å². The molecule has 3 nitrogen and oxygen atoms in total. The fraction of sp³-hybridized carbons (Fsp3) is 0.571. The molecule has 1 unspecified atom stereocenters. The van der Waals surface area contributed by atoms with E-state index in [1.165, 1.54) is 5.56 Å². The van der Waals surface area contributed by atoms with Crippen molar-refractivity contribution in [3.8, 4) is 5.75 Å². The van der Waals surface area contributed by atoms with Crippen LogP contribution in [0.15, 0.2) is 24.3 Å². The minimum absolute atomic E-state index is 0.180. The number of ether oxygens (including phenoxy) is 2. The van der Waals surface area contributed by atoms with Gasteiger partial charge in [-0.1, -0.05) is 12.1 Å². The smallest absolute Gasteiger partial charge is 0.120 e. The van der Waals surface area contributed by atoms with Gasteiger partial charge in [0.15, 0.2) is 0 Å². The molecular weight excluding hydrogens is 214 g/mol. The normalized spacial score (nSPS) is 12.4. The highest BCUT2D eigenvalue weighted by molar-refractivity contribution is 5.27. The van der Waals surface area contributed by atoms with E-state index in [9.17, 15) is 0 Å². The van der Waals surface area contributed by atoms with Crippen LogP contribution in [0.2, 0.25) is 0 Å². The van der Waals surface area contributed by atoms with Crippen LogP contribution in [-0.2, 0) is 4.74 Å². The molecule has 0 bridgehead atoms. The van der Waals surface area contributed by atoms with Gasteiger partial charge in [-0.05, 0) is 44.5 Å². The van der Waals surface area contributed by atoms with Crippen molar-refractivity contribution in [3.63, 3.8) is 0 Å². The van der Waals surface area contributed by atoms with Crippen molar-refractivity contribution in [2.75, 3.05) is 26.8 Å². The summed E-state index contributed by atoms with van der Waals surface area (Å²) in [6.07, 6.45) is 1.22. The van der Waals surface area contributed by atoms with Crippen molar-refractivity contribution in [1.82, 2.24) is 5.32 Å². The Morgan fingerprint density at radius 2 is 2.18 bits per heavy atom. The van der Waals surface area contributed by atoms with Gasteiger partial charge in [-0.2, -0.15) is 0 Å². The van der Waals surface area contributed by atoms with Gasteiger partial charge in [-0.3, -0.25) is 0 Å². The molecule has 3 heteroatoms. The van der Waals surface area contributed by atoms with E-state index < -0.39 is 0 Å². The Morgan fingerprint density at radius 3 is 2.88 bits per heavy atom. The summed E-state index contributed by atoms with van der Waals surface area (Å²) in [7, 11) is 1.73. The maximum Gasteiger partial charge on any atom is 0.120 e. The van der Waals surface area contributed by atoms with Gasteiger partial charge < -0.3 is 14.8 Å². The number of methoxy groups -OCH3 is 1. The van der Waals surface area contributed by atoms with Crippen LogP contribution in [-0.4, -0.2) is 32.9 Å². The van der Waals surface area contributed by atoms with E-state index in [-0.39, 0.29) is 6.10 Å². The van der Waals surface area contributed by atoms with Gasteiger partial charge in [0.1, 0.15) is 11.9 Å². The van der Waals surface area contributed by atoms with Crippen LogP contribution >= 0.6 is 0 Å². The molecule has 0 heterocycles. The molecule has 0 radical (unpaired) electrons. The highest BCUT2D eigenvalue weighted by atomic mass is 16.5. The van der Waals surface area contributed by atoms with Crippen LogP contribution in [0.25, 0.3) is 0 Å². The van der Waals surface area contributed by atoms with Crippen molar-refractivity contribution in [1.29, 1.82) is 0 Å². The van der Waals surface area contributed by atoms with Crippen LogP contribution < -0.4 is 10.1 Å². The first-order valence-corrected chi connectivity index (χ1v) is 6.15. The van der Waals surface area contributed by atoms with E-state index in [0.29, 0.717) is 0 Å². The zero-order valence-electron chi connectivity index (χ0n) is 11.0. The molecule has 0 aliphatic heterocycles. The lowest BCUT2D eigenvalue weighted by atomic mass is 10.2. The SMILES string of the molecule is COCCCNCC(C)Oc1cccc(C)c1. The monoisotopic (exact) mass is 237 g/mol. The van der Waals surface area contributed by atoms with Crippen LogP contribution in [0.5, 0.6) is 5.75 Å². The Balaban J connectivity index is 2.18. The minimum Gasteiger partial charge on any atom is -0.489 e. The molecule has 1 atom stereocenters. The highest BCUT2D eigenvalue weighted by Gasteiger charge is 2.03. The van der Waals surface area contributed by atoms with Gasteiger partial charge in [0.2, 0.25) is 0 Å². The molecule has 1 aromatic carbocycles. The molecule has 96 valence electrons. The Bertz CT molecular complexity index is 315. The molecule has 1 aromatic rings. The fourth-order valence-corrected chi connectivity index (χ4v) is 1.61. The molecule has 0 aliphatic carbocycles. The summed E-state index contributed by atoms with van der Waals surface area (Å²) in [5, 5.41) is 3.35. The zero-order chi connectivity index (χ0) is 12.5. The van der Waals surface area contributed by atoms with E-state index in [0.717, 1.165) is 31.9 Å². The topological polar surface area (TPSA) is 30.5 Å². The third-order valence-electron chi connectivity index (χ3n) is 2.46. The first kappa shape index (κ1) is 14.0. The number of nitrogens with one attached hydrogen (secondary N) is 1. The van der Waals surface area contributed by atoms with Crippen molar-refractivity contribution < 1.29 is 9.47 Å². The molecule has 0 fully saturated rings. The van der Waals surface area contributed by atoms with Crippen molar-refractivity contribution in [2.24, 2.45) is 0 Å². The number of aryl methyl sites for hydroxylation is 1. The van der Waals surface area contributed by atoms with E-state index in [1.807, 2.05) is 12.1 Å². The number of hydrogen-bond acceptors (Lipinski definition) is 3. The predicted octanol–water partition coefficient (Wildman–Crippen LogP) is 2.39. The quantitative estimate of drug-likeness (QED) is 0.704. The Hall–Kier alpha value is -1.06. The summed E-state index contributed by atoms with van der Waals surface area (Å²) >= 11 is 0. The second-order valence-electron chi connectivity index (χ2n) is 4.30. The summed E-state index contributed by atoms with van der Waals surface area (Å²) in [6, 6.07) is 8.14. The minimum atomic E-state index is 0.180. The summed E-state index contributed by atoms with van der Waals surface area (Å²) in [6.45, 7) is 6.78. The first-order chi connectivity index (χ1) is 8.22. The third kappa shape index (κ3) is 6.29.